The van der Waals surface area contributed by atoms with Crippen LogP contribution in [0.4, 0.5) is 21.9 Å². The number of ether oxygens (including phenoxy) is 4. The SMILES string of the molecule is COc1cc(N2C(=O)NC(=O)/C(=C\c3cc(Br)c(Oc4ccc([N+](=O)[O-])cc4[N+](=O)[O-])c(OC)c3)C2=O)c(OC)cc1Cl. The van der Waals surface area contributed by atoms with Crippen LogP contribution in [-0.4, -0.2) is 49.0 Å². The molecule has 0 bridgehead atoms. The molecule has 1 aliphatic rings. The number of methoxy groups -OCH3 is 3. The number of carbonyl (C=O) groups is 3. The number of non-ortho nitro benzene ring substituents is 1. The first-order valence-electron chi connectivity index (χ1n) is 11.7. The minimum atomic E-state index is -1.04. The number of urea groups is 1. The van der Waals surface area contributed by atoms with Gasteiger partial charge in [0.05, 0.1) is 52.4 Å². The second-order valence-corrected chi connectivity index (χ2v) is 9.68. The average Bonchev–Trinajstić information content (AvgIpc) is 2.96. The Bertz CT molecular complexity index is 1740. The van der Waals surface area contributed by atoms with E-state index in [2.05, 4.69) is 21.2 Å². The topological polar surface area (TPSA) is 190 Å². The molecule has 3 aromatic rings. The second-order valence-electron chi connectivity index (χ2n) is 8.42. The largest absolute Gasteiger partial charge is 0.495 e. The monoisotopic (exact) mass is 676 g/mol. The van der Waals surface area contributed by atoms with Crippen LogP contribution in [0.5, 0.6) is 28.7 Å². The maximum atomic E-state index is 13.5. The predicted octanol–water partition coefficient (Wildman–Crippen LogP) is 5.40. The number of hydrogen-bond donors (Lipinski definition) is 1. The van der Waals surface area contributed by atoms with E-state index in [0.717, 1.165) is 18.2 Å². The molecular formula is C26H18BrClN4O11. The van der Waals surface area contributed by atoms with Crippen molar-refractivity contribution in [1.82, 2.24) is 5.32 Å². The van der Waals surface area contributed by atoms with Crippen molar-refractivity contribution < 1.29 is 43.2 Å². The zero-order valence-corrected chi connectivity index (χ0v) is 24.5. The number of benzene rings is 3. The van der Waals surface area contributed by atoms with Crippen molar-refractivity contribution in [3.63, 3.8) is 0 Å². The Morgan fingerprint density at radius 1 is 0.884 bits per heavy atom. The van der Waals surface area contributed by atoms with Gasteiger partial charge in [0.25, 0.3) is 17.5 Å². The van der Waals surface area contributed by atoms with Gasteiger partial charge in [0.15, 0.2) is 11.5 Å². The zero-order chi connectivity index (χ0) is 31.6. The van der Waals surface area contributed by atoms with Gasteiger partial charge in [-0.3, -0.25) is 35.1 Å². The summed E-state index contributed by atoms with van der Waals surface area (Å²) in [6.07, 6.45) is 1.18. The van der Waals surface area contributed by atoms with Crippen LogP contribution >= 0.6 is 27.5 Å². The molecule has 1 fully saturated rings. The Morgan fingerprint density at radius 2 is 1.56 bits per heavy atom. The summed E-state index contributed by atoms with van der Waals surface area (Å²) in [4.78, 5) is 60.7. The molecule has 0 spiro atoms. The van der Waals surface area contributed by atoms with E-state index in [1.807, 2.05) is 0 Å². The first-order valence-corrected chi connectivity index (χ1v) is 12.9. The van der Waals surface area contributed by atoms with E-state index in [9.17, 15) is 34.6 Å². The molecule has 4 amide bonds. The fourth-order valence-corrected chi connectivity index (χ4v) is 4.71. The highest BCUT2D eigenvalue weighted by atomic mass is 79.9. The third-order valence-corrected chi connectivity index (χ3v) is 6.81. The Labute approximate surface area is 254 Å². The van der Waals surface area contributed by atoms with E-state index < -0.39 is 44.6 Å². The molecule has 1 aliphatic heterocycles. The summed E-state index contributed by atoms with van der Waals surface area (Å²) in [5.41, 5.74) is -1.44. The maximum absolute atomic E-state index is 13.5. The summed E-state index contributed by atoms with van der Waals surface area (Å²) in [7, 11) is 3.91. The quantitative estimate of drug-likeness (QED) is 0.132. The van der Waals surface area contributed by atoms with Crippen molar-refractivity contribution >= 4 is 68.5 Å². The smallest absolute Gasteiger partial charge is 0.336 e. The van der Waals surface area contributed by atoms with Gasteiger partial charge in [0, 0.05) is 18.2 Å². The number of nitrogens with zero attached hydrogens (tertiary/aromatic N) is 3. The summed E-state index contributed by atoms with van der Waals surface area (Å²) < 4.78 is 21.7. The molecule has 0 radical (unpaired) electrons. The van der Waals surface area contributed by atoms with Crippen molar-refractivity contribution in [3.8, 4) is 28.7 Å². The highest BCUT2D eigenvalue weighted by molar-refractivity contribution is 9.10. The number of amides is 4. The maximum Gasteiger partial charge on any atom is 0.336 e. The van der Waals surface area contributed by atoms with Crippen LogP contribution in [0.2, 0.25) is 5.02 Å². The predicted molar refractivity (Wildman–Crippen MR) is 154 cm³/mol. The lowest BCUT2D eigenvalue weighted by atomic mass is 10.1. The number of nitrogens with one attached hydrogen (secondary N) is 1. The molecule has 0 aliphatic carbocycles. The minimum absolute atomic E-state index is 0.00887. The molecule has 1 saturated heterocycles. The van der Waals surface area contributed by atoms with Gasteiger partial charge >= 0.3 is 11.7 Å². The molecule has 15 nitrogen and oxygen atoms in total. The number of hydrogen-bond acceptors (Lipinski definition) is 11. The summed E-state index contributed by atoms with van der Waals surface area (Å²) in [5.74, 6) is -2.14. The highest BCUT2D eigenvalue weighted by Crippen LogP contribution is 2.44. The van der Waals surface area contributed by atoms with Crippen molar-refractivity contribution in [3.05, 3.63) is 83.3 Å². The number of imide groups is 2. The van der Waals surface area contributed by atoms with Gasteiger partial charge in [-0.1, -0.05) is 11.6 Å². The van der Waals surface area contributed by atoms with E-state index in [1.54, 1.807) is 0 Å². The van der Waals surface area contributed by atoms with Crippen LogP contribution in [0, 0.1) is 20.2 Å². The van der Waals surface area contributed by atoms with Crippen LogP contribution in [0.3, 0.4) is 0 Å². The van der Waals surface area contributed by atoms with E-state index in [4.69, 9.17) is 30.5 Å². The number of rotatable bonds is 9. The molecule has 17 heteroatoms. The molecule has 0 aromatic heterocycles. The van der Waals surface area contributed by atoms with Crippen molar-refractivity contribution in [2.45, 2.75) is 0 Å². The fourth-order valence-electron chi connectivity index (χ4n) is 3.94. The first kappa shape index (κ1) is 30.7. The highest BCUT2D eigenvalue weighted by Gasteiger charge is 2.39. The summed E-state index contributed by atoms with van der Waals surface area (Å²) in [6, 6.07) is 7.22. The normalized spacial score (nSPS) is 13.9. The molecule has 222 valence electrons. The molecule has 0 atom stereocenters. The summed E-state index contributed by atoms with van der Waals surface area (Å²) >= 11 is 9.43. The second kappa shape index (κ2) is 12.3. The summed E-state index contributed by atoms with van der Waals surface area (Å²) in [6.45, 7) is 0. The lowest BCUT2D eigenvalue weighted by Gasteiger charge is -2.28. The lowest BCUT2D eigenvalue weighted by molar-refractivity contribution is -0.394. The third-order valence-electron chi connectivity index (χ3n) is 5.92. The Morgan fingerprint density at radius 3 is 2.16 bits per heavy atom. The van der Waals surface area contributed by atoms with Gasteiger partial charge in [0.2, 0.25) is 5.75 Å². The van der Waals surface area contributed by atoms with Gasteiger partial charge in [-0.05, 0) is 45.8 Å². The lowest BCUT2D eigenvalue weighted by Crippen LogP contribution is -2.54. The van der Waals surface area contributed by atoms with Crippen molar-refractivity contribution in [1.29, 1.82) is 0 Å². The van der Waals surface area contributed by atoms with Crippen molar-refractivity contribution in [2.75, 3.05) is 26.2 Å². The van der Waals surface area contributed by atoms with Gasteiger partial charge in [-0.2, -0.15) is 0 Å². The molecule has 1 heterocycles. The van der Waals surface area contributed by atoms with Gasteiger partial charge in [-0.25, -0.2) is 9.69 Å². The Kier molecular flexibility index (Phi) is 8.82. The van der Waals surface area contributed by atoms with E-state index in [0.29, 0.717) is 4.90 Å². The van der Waals surface area contributed by atoms with Crippen molar-refractivity contribution in [2.24, 2.45) is 0 Å². The number of barbiturate groups is 1. The third kappa shape index (κ3) is 6.05. The minimum Gasteiger partial charge on any atom is -0.495 e. The van der Waals surface area contributed by atoms with E-state index >= 15 is 0 Å². The van der Waals surface area contributed by atoms with Gasteiger partial charge in [-0.15, -0.1) is 0 Å². The van der Waals surface area contributed by atoms with E-state index in [-0.39, 0.29) is 49.5 Å². The molecule has 4 rings (SSSR count). The Balaban J connectivity index is 1.75. The summed E-state index contributed by atoms with van der Waals surface area (Å²) in [5, 5.41) is 24.8. The van der Waals surface area contributed by atoms with Crippen LogP contribution < -0.4 is 29.2 Å². The van der Waals surface area contributed by atoms with Crippen LogP contribution in [0.1, 0.15) is 5.56 Å². The fraction of sp³-hybridized carbons (Fsp3) is 0.115. The molecule has 1 N–H and O–H groups in total. The van der Waals surface area contributed by atoms with Gasteiger partial charge < -0.3 is 18.9 Å². The number of anilines is 1. The zero-order valence-electron chi connectivity index (χ0n) is 22.2. The van der Waals surface area contributed by atoms with Crippen LogP contribution in [0.15, 0.2) is 52.5 Å². The average molecular weight is 678 g/mol. The Hall–Kier alpha value is -5.22. The number of nitro benzene ring substituents is 2. The van der Waals surface area contributed by atoms with E-state index in [1.165, 1.54) is 51.7 Å². The number of carbonyl (C=O) groups excluding carboxylic acids is 3. The number of nitro groups is 2. The van der Waals surface area contributed by atoms with Crippen LogP contribution in [-0.2, 0) is 9.59 Å². The molecule has 0 saturated carbocycles. The number of halogens is 2. The first-order chi connectivity index (χ1) is 20.4. The molecule has 43 heavy (non-hydrogen) atoms. The van der Waals surface area contributed by atoms with Crippen LogP contribution in [0.25, 0.3) is 6.08 Å². The molecule has 0 unspecified atom stereocenters. The standard InChI is InChI=1S/C26H18BrClN4O11/c1-40-20-11-17(21(41-2)10-16(20)28)30-25(34)14(24(33)29-26(30)35)6-12-7-15(27)23(22(8-12)42-3)43-19-5-4-13(31(36)37)9-18(19)32(38)39/h4-11H,1-3H3,(H,29,33,35)/b14-6+. The molecular weight excluding hydrogens is 660 g/mol. The molecule has 3 aromatic carbocycles. The van der Waals surface area contributed by atoms with Gasteiger partial charge in [0.1, 0.15) is 17.1 Å².